The van der Waals surface area contributed by atoms with Crippen molar-refractivity contribution < 1.29 is 4.74 Å². The monoisotopic (exact) mass is 432 g/mol. The van der Waals surface area contributed by atoms with Gasteiger partial charge in [-0.3, -0.25) is 0 Å². The molecular formula is C22H17BrN4O. The fourth-order valence-corrected chi connectivity index (χ4v) is 3.89. The van der Waals surface area contributed by atoms with Gasteiger partial charge in [0.05, 0.1) is 12.1 Å². The third-order valence-corrected chi connectivity index (χ3v) is 5.32. The Labute approximate surface area is 170 Å². The summed E-state index contributed by atoms with van der Waals surface area (Å²) in [6, 6.07) is 20.4. The minimum Gasteiger partial charge on any atom is -0.493 e. The number of rotatable bonds is 3. The van der Waals surface area contributed by atoms with Crippen LogP contribution in [0.2, 0.25) is 0 Å². The first kappa shape index (κ1) is 17.0. The zero-order valence-corrected chi connectivity index (χ0v) is 16.5. The molecule has 4 aromatic rings. The molecule has 2 heterocycles. The zero-order valence-electron chi connectivity index (χ0n) is 14.9. The third-order valence-electron chi connectivity index (χ3n) is 4.82. The van der Waals surface area contributed by atoms with E-state index in [0.29, 0.717) is 5.82 Å². The van der Waals surface area contributed by atoms with Crippen molar-refractivity contribution in [3.05, 3.63) is 70.7 Å². The molecule has 0 radical (unpaired) electrons. The summed E-state index contributed by atoms with van der Waals surface area (Å²) in [6.07, 6.45) is 0.950. The van der Waals surface area contributed by atoms with Gasteiger partial charge >= 0.3 is 0 Å². The van der Waals surface area contributed by atoms with E-state index < -0.39 is 0 Å². The highest BCUT2D eigenvalue weighted by Crippen LogP contribution is 2.33. The summed E-state index contributed by atoms with van der Waals surface area (Å²) < 4.78 is 6.61. The molecule has 0 unspecified atom stereocenters. The Kier molecular flexibility index (Phi) is 4.13. The number of ether oxygens (including phenoxy) is 1. The summed E-state index contributed by atoms with van der Waals surface area (Å²) in [4.78, 5) is 8.82. The van der Waals surface area contributed by atoms with E-state index in [-0.39, 0.29) is 5.95 Å². The molecule has 3 N–H and O–H groups in total. The van der Waals surface area contributed by atoms with Crippen molar-refractivity contribution in [2.45, 2.75) is 6.42 Å². The molecular weight excluding hydrogens is 416 g/mol. The van der Waals surface area contributed by atoms with E-state index in [1.54, 1.807) is 0 Å². The van der Waals surface area contributed by atoms with E-state index in [4.69, 9.17) is 10.5 Å². The SMILES string of the molecule is Nc1nc(Nc2cccc(Br)c2)c2cc(-c3ccc4c(c3)CCO4)ccc2n1. The highest BCUT2D eigenvalue weighted by atomic mass is 79.9. The van der Waals surface area contributed by atoms with Gasteiger partial charge in [-0.15, -0.1) is 0 Å². The number of nitrogens with one attached hydrogen (secondary N) is 1. The minimum atomic E-state index is 0.243. The molecule has 0 bridgehead atoms. The maximum atomic E-state index is 5.93. The van der Waals surface area contributed by atoms with Crippen molar-refractivity contribution in [3.63, 3.8) is 0 Å². The Morgan fingerprint density at radius 1 is 0.964 bits per heavy atom. The van der Waals surface area contributed by atoms with Gasteiger partial charge in [-0.05, 0) is 59.2 Å². The summed E-state index contributed by atoms with van der Waals surface area (Å²) in [5.41, 5.74) is 11.2. The van der Waals surface area contributed by atoms with Crippen molar-refractivity contribution in [2.75, 3.05) is 17.7 Å². The second-order valence-electron chi connectivity index (χ2n) is 6.72. The average Bonchev–Trinajstić information content (AvgIpc) is 3.15. The smallest absolute Gasteiger partial charge is 0.222 e. The molecule has 6 heteroatoms. The number of hydrogen-bond donors (Lipinski definition) is 2. The number of benzene rings is 3. The number of nitrogens with zero attached hydrogens (tertiary/aromatic N) is 2. The number of fused-ring (bicyclic) bond motifs is 2. The van der Waals surface area contributed by atoms with Gasteiger partial charge in [0.15, 0.2) is 0 Å². The predicted octanol–water partition coefficient (Wildman–Crippen LogP) is 5.32. The molecule has 0 saturated carbocycles. The fourth-order valence-electron chi connectivity index (χ4n) is 3.49. The van der Waals surface area contributed by atoms with Gasteiger partial charge in [0, 0.05) is 22.0 Å². The van der Waals surface area contributed by atoms with Crippen LogP contribution in [-0.2, 0) is 6.42 Å². The van der Waals surface area contributed by atoms with E-state index >= 15 is 0 Å². The van der Waals surface area contributed by atoms with Gasteiger partial charge in [-0.25, -0.2) is 4.98 Å². The molecule has 0 amide bonds. The van der Waals surface area contributed by atoms with Crippen LogP contribution in [-0.4, -0.2) is 16.6 Å². The van der Waals surface area contributed by atoms with Gasteiger partial charge in [0.1, 0.15) is 11.6 Å². The topological polar surface area (TPSA) is 73.1 Å². The highest BCUT2D eigenvalue weighted by Gasteiger charge is 2.14. The van der Waals surface area contributed by atoms with Crippen molar-refractivity contribution >= 4 is 44.3 Å². The van der Waals surface area contributed by atoms with Crippen molar-refractivity contribution in [3.8, 4) is 16.9 Å². The number of nitrogen functional groups attached to an aromatic ring is 1. The molecule has 1 aliphatic rings. The summed E-state index contributed by atoms with van der Waals surface area (Å²) in [7, 11) is 0. The number of hydrogen-bond acceptors (Lipinski definition) is 5. The first-order valence-corrected chi connectivity index (χ1v) is 9.81. The first-order valence-electron chi connectivity index (χ1n) is 9.02. The lowest BCUT2D eigenvalue weighted by Gasteiger charge is -2.12. The molecule has 1 aliphatic heterocycles. The van der Waals surface area contributed by atoms with E-state index in [9.17, 15) is 0 Å². The van der Waals surface area contributed by atoms with Crippen molar-refractivity contribution in [1.29, 1.82) is 0 Å². The van der Waals surface area contributed by atoms with Gasteiger partial charge in [-0.1, -0.05) is 34.1 Å². The highest BCUT2D eigenvalue weighted by molar-refractivity contribution is 9.10. The molecule has 28 heavy (non-hydrogen) atoms. The Balaban J connectivity index is 1.61. The summed E-state index contributed by atoms with van der Waals surface area (Å²) in [5, 5.41) is 4.29. The summed E-state index contributed by atoms with van der Waals surface area (Å²) >= 11 is 3.50. The lowest BCUT2D eigenvalue weighted by molar-refractivity contribution is 0.357. The van der Waals surface area contributed by atoms with Crippen LogP contribution in [0.3, 0.4) is 0 Å². The van der Waals surface area contributed by atoms with Crippen molar-refractivity contribution in [2.24, 2.45) is 0 Å². The maximum absolute atomic E-state index is 5.93. The molecule has 0 aliphatic carbocycles. The lowest BCUT2D eigenvalue weighted by atomic mass is 10.0. The van der Waals surface area contributed by atoms with Crippen LogP contribution >= 0.6 is 15.9 Å². The Hall–Kier alpha value is -3.12. The maximum Gasteiger partial charge on any atom is 0.222 e. The molecule has 0 spiro atoms. The Morgan fingerprint density at radius 2 is 1.82 bits per heavy atom. The molecule has 0 atom stereocenters. The average molecular weight is 433 g/mol. The largest absolute Gasteiger partial charge is 0.493 e. The number of nitrogens with two attached hydrogens (primary N) is 1. The standard InChI is InChI=1S/C22H17BrN4O/c23-16-2-1-3-17(12-16)25-21-18-11-14(4-6-19(18)26-22(24)27-21)13-5-7-20-15(10-13)8-9-28-20/h1-7,10-12H,8-9H2,(H3,24,25,26,27). The van der Waals surface area contributed by atoms with Gasteiger partial charge < -0.3 is 15.8 Å². The first-order chi connectivity index (χ1) is 13.7. The Morgan fingerprint density at radius 3 is 2.71 bits per heavy atom. The second kappa shape index (κ2) is 6.80. The van der Waals surface area contributed by atoms with Crippen LogP contribution in [0, 0.1) is 0 Å². The predicted molar refractivity (Wildman–Crippen MR) is 116 cm³/mol. The van der Waals surface area contributed by atoms with Gasteiger partial charge in [0.2, 0.25) is 5.95 Å². The van der Waals surface area contributed by atoms with Crippen LogP contribution in [0.15, 0.2) is 65.1 Å². The van der Waals surface area contributed by atoms with Crippen LogP contribution < -0.4 is 15.8 Å². The summed E-state index contributed by atoms with van der Waals surface area (Å²) in [5.74, 6) is 1.91. The van der Waals surface area contributed by atoms with E-state index in [2.05, 4.69) is 55.5 Å². The molecule has 3 aromatic carbocycles. The second-order valence-corrected chi connectivity index (χ2v) is 7.63. The van der Waals surface area contributed by atoms with E-state index in [1.165, 1.54) is 5.56 Å². The third kappa shape index (κ3) is 3.16. The quantitative estimate of drug-likeness (QED) is 0.458. The van der Waals surface area contributed by atoms with Crippen LogP contribution in [0.25, 0.3) is 22.0 Å². The molecule has 5 rings (SSSR count). The number of aromatic nitrogens is 2. The number of halogens is 1. The van der Waals surface area contributed by atoms with Crippen LogP contribution in [0.4, 0.5) is 17.5 Å². The minimum absolute atomic E-state index is 0.243. The number of anilines is 3. The molecule has 1 aromatic heterocycles. The van der Waals surface area contributed by atoms with Crippen molar-refractivity contribution in [1.82, 2.24) is 9.97 Å². The van der Waals surface area contributed by atoms with Gasteiger partial charge in [-0.2, -0.15) is 4.98 Å². The molecule has 0 saturated heterocycles. The van der Waals surface area contributed by atoms with Crippen LogP contribution in [0.5, 0.6) is 5.75 Å². The zero-order chi connectivity index (χ0) is 19.1. The van der Waals surface area contributed by atoms with E-state index in [1.807, 2.05) is 36.4 Å². The Bertz CT molecular complexity index is 1210. The van der Waals surface area contributed by atoms with Gasteiger partial charge in [0.25, 0.3) is 0 Å². The van der Waals surface area contributed by atoms with E-state index in [0.717, 1.165) is 51.0 Å². The molecule has 0 fully saturated rings. The normalized spacial score (nSPS) is 12.6. The molecule has 5 nitrogen and oxygen atoms in total. The lowest BCUT2D eigenvalue weighted by Crippen LogP contribution is -2.01. The molecule has 138 valence electrons. The fraction of sp³-hybridized carbons (Fsp3) is 0.0909. The van der Waals surface area contributed by atoms with Crippen LogP contribution in [0.1, 0.15) is 5.56 Å². The summed E-state index contributed by atoms with van der Waals surface area (Å²) in [6.45, 7) is 0.754.